The SMILES string of the molecule is CC(=O)NCCOCCOCCNC(=O)C(CCCCNC(C)C)NC(C)C.COC(=O)NCCOCCOCCNC(=O)C(CCCCNC(C)C)NC(C)C.COC(=O)NCCOCCOCCNC(=O)C(CCCCNC(C)C)NC(C)C.COC(=O)NCCOCCOCCNC(=O)C(CCCCNC(C)C)NC(C)C. The van der Waals surface area contributed by atoms with Gasteiger partial charge in [-0.2, -0.15) is 0 Å². The number of ether oxygens (including phenoxy) is 11. The molecule has 115 heavy (non-hydrogen) atoms. The summed E-state index contributed by atoms with van der Waals surface area (Å²) in [5, 5.41) is 48.9. The number of hydrogen-bond donors (Lipinski definition) is 16. The van der Waals surface area contributed by atoms with E-state index in [1.54, 1.807) is 0 Å². The van der Waals surface area contributed by atoms with Crippen LogP contribution in [-0.4, -0.2) is 326 Å². The van der Waals surface area contributed by atoms with E-state index in [0.717, 1.165) is 103 Å². The second kappa shape index (κ2) is 85.0. The highest BCUT2D eigenvalue weighted by Gasteiger charge is 2.22. The molecule has 0 aromatic carbocycles. The summed E-state index contributed by atoms with van der Waals surface area (Å²) in [6, 6.07) is 2.27. The van der Waals surface area contributed by atoms with Gasteiger partial charge in [0, 0.05) is 108 Å². The van der Waals surface area contributed by atoms with Crippen molar-refractivity contribution in [1.29, 1.82) is 0 Å². The van der Waals surface area contributed by atoms with Gasteiger partial charge in [0.2, 0.25) is 29.5 Å². The van der Waals surface area contributed by atoms with Crippen molar-refractivity contribution in [2.75, 3.05) is 206 Å². The molecule has 682 valence electrons. The van der Waals surface area contributed by atoms with Gasteiger partial charge >= 0.3 is 18.3 Å². The van der Waals surface area contributed by atoms with Crippen LogP contribution in [0.5, 0.6) is 0 Å². The van der Waals surface area contributed by atoms with E-state index in [4.69, 9.17) is 37.9 Å². The van der Waals surface area contributed by atoms with Gasteiger partial charge in [0.1, 0.15) is 0 Å². The summed E-state index contributed by atoms with van der Waals surface area (Å²) in [4.78, 5) is 92.9. The Balaban J connectivity index is -0.000000714. The lowest BCUT2D eigenvalue weighted by atomic mass is 10.1. The predicted octanol–water partition coefficient (Wildman–Crippen LogP) is 3.89. The molecule has 0 aromatic rings. The molecule has 35 heteroatoms. The van der Waals surface area contributed by atoms with Crippen molar-refractivity contribution >= 4 is 47.8 Å². The predicted molar refractivity (Wildman–Crippen MR) is 455 cm³/mol. The number of amides is 8. The number of carbonyl (C=O) groups excluding carboxylic acids is 8. The van der Waals surface area contributed by atoms with Gasteiger partial charge in [-0.25, -0.2) is 14.4 Å². The van der Waals surface area contributed by atoms with E-state index in [0.29, 0.717) is 182 Å². The average Bonchev–Trinajstić information content (AvgIpc) is 0.947. The molecule has 0 aliphatic rings. The van der Waals surface area contributed by atoms with Crippen LogP contribution in [0.25, 0.3) is 0 Å². The molecule has 0 heterocycles. The molecular weight excluding hydrogens is 1490 g/mol. The minimum Gasteiger partial charge on any atom is -0.453 e. The highest BCUT2D eigenvalue weighted by atomic mass is 16.6. The fourth-order valence-corrected chi connectivity index (χ4v) is 10.2. The molecule has 8 amide bonds. The number of unbranched alkanes of at least 4 members (excludes halogenated alkanes) is 4. The zero-order valence-electron chi connectivity index (χ0n) is 75.0. The fraction of sp³-hybridized carbons (Fsp3) is 0.900. The third-order valence-corrected chi connectivity index (χ3v) is 15.7. The van der Waals surface area contributed by atoms with Crippen molar-refractivity contribution in [3.63, 3.8) is 0 Å². The van der Waals surface area contributed by atoms with Gasteiger partial charge in [0.15, 0.2) is 0 Å². The van der Waals surface area contributed by atoms with Crippen LogP contribution in [0.4, 0.5) is 14.4 Å². The third kappa shape index (κ3) is 90.7. The summed E-state index contributed by atoms with van der Waals surface area (Å²) in [7, 11) is 3.94. The van der Waals surface area contributed by atoms with Crippen LogP contribution in [0, 0.1) is 0 Å². The zero-order chi connectivity index (χ0) is 86.9. The van der Waals surface area contributed by atoms with Crippen molar-refractivity contribution in [2.45, 2.75) is 267 Å². The largest absolute Gasteiger partial charge is 0.453 e. The molecule has 0 aliphatic carbocycles. The normalized spacial score (nSPS) is 12.3. The number of nitrogens with one attached hydrogen (secondary N) is 16. The minimum atomic E-state index is -0.474. The highest BCUT2D eigenvalue weighted by Crippen LogP contribution is 2.07. The molecule has 0 saturated heterocycles. The molecule has 35 nitrogen and oxygen atoms in total. The second-order valence-corrected chi connectivity index (χ2v) is 29.7. The quantitative estimate of drug-likeness (QED) is 0.0303. The average molecular weight is 1660 g/mol. The van der Waals surface area contributed by atoms with Crippen LogP contribution in [0.15, 0.2) is 0 Å². The third-order valence-electron chi connectivity index (χ3n) is 15.7. The maximum Gasteiger partial charge on any atom is 0.406 e. The Bertz CT molecular complexity index is 2090. The van der Waals surface area contributed by atoms with Crippen LogP contribution in [0.2, 0.25) is 0 Å². The van der Waals surface area contributed by atoms with Gasteiger partial charge in [0.25, 0.3) is 0 Å². The molecule has 0 fully saturated rings. The van der Waals surface area contributed by atoms with Crippen molar-refractivity contribution in [1.82, 2.24) is 85.1 Å². The summed E-state index contributed by atoms with van der Waals surface area (Å²) in [6.45, 7) is 49.3. The first-order chi connectivity index (χ1) is 54.9. The van der Waals surface area contributed by atoms with Crippen molar-refractivity contribution in [3.8, 4) is 0 Å². The molecule has 0 rings (SSSR count). The van der Waals surface area contributed by atoms with Gasteiger partial charge in [-0.1, -0.05) is 136 Å². The van der Waals surface area contributed by atoms with E-state index < -0.39 is 18.3 Å². The molecule has 0 bridgehead atoms. The molecule has 16 N–H and O–H groups in total. The van der Waals surface area contributed by atoms with E-state index in [9.17, 15) is 38.4 Å². The summed E-state index contributed by atoms with van der Waals surface area (Å²) in [5.74, 6) is 0.0199. The first-order valence-electron chi connectivity index (χ1n) is 42.3. The lowest BCUT2D eigenvalue weighted by molar-refractivity contribution is -0.124. The van der Waals surface area contributed by atoms with E-state index >= 15 is 0 Å². The lowest BCUT2D eigenvalue weighted by Gasteiger charge is -2.21. The standard InChI is InChI=1S/3C20H42N4O5.C20H42N4O4/c3*1-16(2)21-9-7-6-8-18(24-17(3)4)19(25)22-10-12-28-14-15-29-13-11-23-20(26)27-5;1-16(2)21-9-7-6-8-19(24-17(3)4)20(26)23-11-13-28-15-14-27-12-10-22-18(5)25/h3*16-18,21,24H,6-15H2,1-5H3,(H,22,25)(H,23,26);16-17,19,21,24H,6-15H2,1-5H3,(H,22,25)(H,23,26). The topological polar surface area (TPSA) is 431 Å². The van der Waals surface area contributed by atoms with Crippen LogP contribution < -0.4 is 85.1 Å². The van der Waals surface area contributed by atoms with Crippen LogP contribution in [0.1, 0.15) is 195 Å². The monoisotopic (exact) mass is 1660 g/mol. The van der Waals surface area contributed by atoms with E-state index in [-0.39, 0.29) is 77.9 Å². The summed E-state index contributed by atoms with van der Waals surface area (Å²) < 4.78 is 56.4. The summed E-state index contributed by atoms with van der Waals surface area (Å²) in [5.41, 5.74) is 0. The van der Waals surface area contributed by atoms with Crippen molar-refractivity contribution < 1.29 is 90.5 Å². The number of rotatable bonds is 72. The van der Waals surface area contributed by atoms with E-state index in [1.807, 2.05) is 41.5 Å². The Labute approximate surface area is 693 Å². The maximum absolute atomic E-state index is 12.4. The Morgan fingerprint density at radius 1 is 0.217 bits per heavy atom. The van der Waals surface area contributed by atoms with Gasteiger partial charge in [-0.05, 0) is 77.5 Å². The first-order valence-corrected chi connectivity index (χ1v) is 42.3. The molecule has 4 atom stereocenters. The maximum atomic E-state index is 12.4. The molecular formula is C80H168N16O19. The smallest absolute Gasteiger partial charge is 0.406 e. The first kappa shape index (κ1) is 116. The Kier molecular flexibility index (Phi) is 85.6. The van der Waals surface area contributed by atoms with Crippen LogP contribution >= 0.6 is 0 Å². The fourth-order valence-electron chi connectivity index (χ4n) is 10.2. The number of carbonyl (C=O) groups is 8. The number of hydrogen-bond acceptors (Lipinski definition) is 27. The van der Waals surface area contributed by atoms with Gasteiger partial charge in [0.05, 0.1) is 151 Å². The van der Waals surface area contributed by atoms with Crippen molar-refractivity contribution in [2.24, 2.45) is 0 Å². The van der Waals surface area contributed by atoms with Crippen LogP contribution in [0.3, 0.4) is 0 Å². The molecule has 0 spiro atoms. The van der Waals surface area contributed by atoms with E-state index in [1.165, 1.54) is 28.3 Å². The second-order valence-electron chi connectivity index (χ2n) is 29.7. The minimum absolute atomic E-state index is 0.0178. The highest BCUT2D eigenvalue weighted by molar-refractivity contribution is 5.83. The Morgan fingerprint density at radius 3 is 0.548 bits per heavy atom. The summed E-state index contributed by atoms with van der Waals surface area (Å²) >= 11 is 0. The Morgan fingerprint density at radius 2 is 0.391 bits per heavy atom. The lowest BCUT2D eigenvalue weighted by Crippen LogP contribution is -2.47. The summed E-state index contributed by atoms with van der Waals surface area (Å²) in [6.07, 6.45) is 10.1. The Hall–Kier alpha value is -5.48. The number of alkyl carbamates (subject to hydrolysis) is 3. The molecule has 0 aromatic heterocycles. The van der Waals surface area contributed by atoms with E-state index in [2.05, 4.69) is 169 Å². The number of methoxy groups -OCH3 is 3. The van der Waals surface area contributed by atoms with Gasteiger partial charge in [-0.3, -0.25) is 24.0 Å². The zero-order valence-corrected chi connectivity index (χ0v) is 75.0. The van der Waals surface area contributed by atoms with Crippen LogP contribution in [-0.2, 0) is 76.1 Å². The molecule has 0 radical (unpaired) electrons. The van der Waals surface area contributed by atoms with Gasteiger partial charge in [-0.15, -0.1) is 0 Å². The van der Waals surface area contributed by atoms with Crippen molar-refractivity contribution in [3.05, 3.63) is 0 Å². The molecule has 0 saturated carbocycles. The van der Waals surface area contributed by atoms with Gasteiger partial charge < -0.3 is 137 Å². The molecule has 4 unspecified atom stereocenters. The molecule has 0 aliphatic heterocycles.